The van der Waals surface area contributed by atoms with E-state index in [1.165, 1.54) is 0 Å². The van der Waals surface area contributed by atoms with Gasteiger partial charge in [-0.25, -0.2) is 4.98 Å². The Balaban J connectivity index is 1.28. The van der Waals surface area contributed by atoms with Crippen molar-refractivity contribution in [2.75, 3.05) is 52.2 Å². The number of amides is 1. The van der Waals surface area contributed by atoms with Crippen molar-refractivity contribution in [1.82, 2.24) is 20.1 Å². The second-order valence-corrected chi connectivity index (χ2v) is 11.2. The van der Waals surface area contributed by atoms with Crippen LogP contribution in [0.15, 0.2) is 48.5 Å². The number of likely N-dealkylation sites (N-methyl/N-ethyl adjacent to an activating group) is 1. The molecule has 1 aliphatic carbocycles. The minimum atomic E-state index is -0.137. The fourth-order valence-corrected chi connectivity index (χ4v) is 5.87. The lowest BCUT2D eigenvalue weighted by Gasteiger charge is -2.41. The van der Waals surface area contributed by atoms with Crippen LogP contribution in [0.1, 0.15) is 43.1 Å². The van der Waals surface area contributed by atoms with E-state index in [1.54, 1.807) is 13.2 Å². The Bertz CT molecular complexity index is 1370. The van der Waals surface area contributed by atoms with Crippen molar-refractivity contribution >= 4 is 22.4 Å². The topological polar surface area (TPSA) is 93.5 Å². The first-order chi connectivity index (χ1) is 19.4. The number of ether oxygens (including phenoxy) is 1. The highest BCUT2D eigenvalue weighted by atomic mass is 16.5. The van der Waals surface area contributed by atoms with Crippen LogP contribution >= 0.6 is 0 Å². The van der Waals surface area contributed by atoms with E-state index in [1.807, 2.05) is 37.3 Å². The number of anilines is 1. The molecule has 0 spiro atoms. The Kier molecular flexibility index (Phi) is 8.83. The van der Waals surface area contributed by atoms with Gasteiger partial charge in [-0.15, -0.1) is 0 Å². The van der Waals surface area contributed by atoms with Crippen LogP contribution in [0, 0.1) is 17.2 Å². The van der Waals surface area contributed by atoms with E-state index in [9.17, 15) is 10.1 Å². The SMILES string of the molecule is COc1ccc2ccc(-c3cccc(C(=O)NC4CCC(N5CCN(C)CC5)CC4)n3)cc2c1NCC(C)C#N. The third-order valence-corrected chi connectivity index (χ3v) is 8.37. The van der Waals surface area contributed by atoms with Crippen molar-refractivity contribution in [3.05, 3.63) is 54.2 Å². The van der Waals surface area contributed by atoms with E-state index < -0.39 is 0 Å². The Morgan fingerprint density at radius 3 is 2.58 bits per heavy atom. The van der Waals surface area contributed by atoms with Crippen LogP contribution < -0.4 is 15.4 Å². The molecular formula is C32H40N6O2. The molecule has 5 rings (SSSR count). The number of methoxy groups -OCH3 is 1. The highest BCUT2D eigenvalue weighted by molar-refractivity contribution is 5.99. The monoisotopic (exact) mass is 540 g/mol. The first-order valence-electron chi connectivity index (χ1n) is 14.4. The number of carbonyl (C=O) groups is 1. The summed E-state index contributed by atoms with van der Waals surface area (Å²) in [5, 5.41) is 17.9. The number of rotatable bonds is 8. The summed E-state index contributed by atoms with van der Waals surface area (Å²) < 4.78 is 5.61. The fourth-order valence-electron chi connectivity index (χ4n) is 5.87. The number of hydrogen-bond acceptors (Lipinski definition) is 7. The lowest BCUT2D eigenvalue weighted by molar-refractivity contribution is 0.0788. The molecule has 1 atom stereocenters. The van der Waals surface area contributed by atoms with Gasteiger partial charge in [0.05, 0.1) is 30.5 Å². The molecule has 1 amide bonds. The number of nitrogens with one attached hydrogen (secondary N) is 2. The molecule has 40 heavy (non-hydrogen) atoms. The van der Waals surface area contributed by atoms with E-state index >= 15 is 0 Å². The number of fused-ring (bicyclic) bond motifs is 1. The van der Waals surface area contributed by atoms with Gasteiger partial charge in [0, 0.05) is 55.8 Å². The molecule has 0 bridgehead atoms. The second-order valence-electron chi connectivity index (χ2n) is 11.2. The molecule has 1 aromatic heterocycles. The molecule has 8 heteroatoms. The van der Waals surface area contributed by atoms with Crippen molar-refractivity contribution in [3.8, 4) is 23.1 Å². The van der Waals surface area contributed by atoms with Crippen LogP contribution in [0.5, 0.6) is 5.75 Å². The zero-order chi connectivity index (χ0) is 28.1. The van der Waals surface area contributed by atoms with Crippen LogP contribution in [0.25, 0.3) is 22.0 Å². The van der Waals surface area contributed by atoms with Gasteiger partial charge in [0.1, 0.15) is 11.4 Å². The van der Waals surface area contributed by atoms with Gasteiger partial charge in [0.2, 0.25) is 0 Å². The van der Waals surface area contributed by atoms with Gasteiger partial charge in [-0.1, -0.05) is 24.3 Å². The normalized spacial score (nSPS) is 20.9. The number of aromatic nitrogens is 1. The maximum atomic E-state index is 13.2. The summed E-state index contributed by atoms with van der Waals surface area (Å²) in [6, 6.07) is 18.8. The average Bonchev–Trinajstić information content (AvgIpc) is 3.00. The molecule has 1 saturated heterocycles. The van der Waals surface area contributed by atoms with Crippen LogP contribution in [-0.2, 0) is 0 Å². The predicted octanol–water partition coefficient (Wildman–Crippen LogP) is 4.77. The zero-order valence-electron chi connectivity index (χ0n) is 23.8. The zero-order valence-corrected chi connectivity index (χ0v) is 23.8. The van der Waals surface area contributed by atoms with Crippen LogP contribution in [-0.4, -0.2) is 79.7 Å². The quantitative estimate of drug-likeness (QED) is 0.425. The molecule has 2 aliphatic rings. The summed E-state index contributed by atoms with van der Waals surface area (Å²) in [7, 11) is 3.84. The van der Waals surface area contributed by atoms with Gasteiger partial charge in [0.25, 0.3) is 5.91 Å². The van der Waals surface area contributed by atoms with Gasteiger partial charge in [-0.3, -0.25) is 9.69 Å². The molecule has 3 aromatic rings. The Labute approximate surface area is 237 Å². The summed E-state index contributed by atoms with van der Waals surface area (Å²) in [5.74, 6) is 0.472. The highest BCUT2D eigenvalue weighted by Crippen LogP contribution is 2.36. The average molecular weight is 541 g/mol. The third kappa shape index (κ3) is 6.38. The number of pyridine rings is 1. The third-order valence-electron chi connectivity index (χ3n) is 8.37. The Morgan fingerprint density at radius 2 is 1.85 bits per heavy atom. The van der Waals surface area contributed by atoms with E-state index in [0.29, 0.717) is 18.3 Å². The Hall–Kier alpha value is -3.67. The van der Waals surface area contributed by atoms with Gasteiger partial charge < -0.3 is 20.3 Å². The number of nitriles is 1. The van der Waals surface area contributed by atoms with E-state index in [-0.39, 0.29) is 17.9 Å². The number of carbonyl (C=O) groups excluding carboxylic acids is 1. The largest absolute Gasteiger partial charge is 0.495 e. The highest BCUT2D eigenvalue weighted by Gasteiger charge is 2.28. The van der Waals surface area contributed by atoms with E-state index in [2.05, 4.69) is 45.7 Å². The number of piperazine rings is 1. The maximum absolute atomic E-state index is 13.2. The molecular weight excluding hydrogens is 500 g/mol. The first kappa shape index (κ1) is 27.9. The van der Waals surface area contributed by atoms with Crippen molar-refractivity contribution < 1.29 is 9.53 Å². The first-order valence-corrected chi connectivity index (χ1v) is 14.4. The van der Waals surface area contributed by atoms with Gasteiger partial charge in [-0.05, 0) is 69.3 Å². The lowest BCUT2D eigenvalue weighted by atomic mass is 9.89. The second kappa shape index (κ2) is 12.7. The summed E-state index contributed by atoms with van der Waals surface area (Å²) in [6.07, 6.45) is 4.28. The Morgan fingerprint density at radius 1 is 1.10 bits per heavy atom. The minimum absolute atomic E-state index is 0.111. The van der Waals surface area contributed by atoms with Crippen LogP contribution in [0.2, 0.25) is 0 Å². The van der Waals surface area contributed by atoms with E-state index in [0.717, 1.165) is 85.3 Å². The summed E-state index contributed by atoms with van der Waals surface area (Å²) in [6.45, 7) is 6.97. The van der Waals surface area contributed by atoms with Crippen molar-refractivity contribution in [2.45, 2.75) is 44.7 Å². The predicted molar refractivity (Wildman–Crippen MR) is 160 cm³/mol. The standard InChI is InChI=1S/C32H40N6O2/c1-22(20-33)21-34-31-27-19-24(8-7-23(27)9-14-30(31)40-3)28-5-4-6-29(36-28)32(39)35-25-10-12-26(13-11-25)38-17-15-37(2)16-18-38/h4-9,14,19,22,25-26,34H,10-13,15-18,21H2,1-3H3,(H,35,39). The number of hydrogen-bond donors (Lipinski definition) is 2. The molecule has 8 nitrogen and oxygen atoms in total. The van der Waals surface area contributed by atoms with Gasteiger partial charge in [0.15, 0.2) is 0 Å². The molecule has 210 valence electrons. The summed E-state index contributed by atoms with van der Waals surface area (Å²) in [4.78, 5) is 23.0. The summed E-state index contributed by atoms with van der Waals surface area (Å²) >= 11 is 0. The minimum Gasteiger partial charge on any atom is -0.495 e. The number of nitrogens with zero attached hydrogens (tertiary/aromatic N) is 4. The van der Waals surface area contributed by atoms with Crippen molar-refractivity contribution in [3.63, 3.8) is 0 Å². The molecule has 2 N–H and O–H groups in total. The number of benzene rings is 2. The fraction of sp³-hybridized carbons (Fsp3) is 0.469. The van der Waals surface area contributed by atoms with E-state index in [4.69, 9.17) is 9.72 Å². The van der Waals surface area contributed by atoms with Crippen LogP contribution in [0.4, 0.5) is 5.69 Å². The smallest absolute Gasteiger partial charge is 0.270 e. The molecule has 0 radical (unpaired) electrons. The molecule has 2 fully saturated rings. The van der Waals surface area contributed by atoms with Crippen LogP contribution in [0.3, 0.4) is 0 Å². The van der Waals surface area contributed by atoms with Crippen molar-refractivity contribution in [1.29, 1.82) is 5.26 Å². The lowest BCUT2D eigenvalue weighted by Crippen LogP contribution is -2.51. The molecule has 1 unspecified atom stereocenters. The molecule has 2 heterocycles. The maximum Gasteiger partial charge on any atom is 0.270 e. The molecule has 2 aromatic carbocycles. The van der Waals surface area contributed by atoms with Crippen molar-refractivity contribution in [2.24, 2.45) is 5.92 Å². The van der Waals surface area contributed by atoms with Gasteiger partial charge in [-0.2, -0.15) is 5.26 Å². The van der Waals surface area contributed by atoms with Gasteiger partial charge >= 0.3 is 0 Å². The summed E-state index contributed by atoms with van der Waals surface area (Å²) in [5.41, 5.74) is 2.95. The molecule has 1 aliphatic heterocycles. The molecule has 1 saturated carbocycles.